The van der Waals surface area contributed by atoms with Crippen LogP contribution in [0.15, 0.2) is 77.7 Å². The van der Waals surface area contributed by atoms with Crippen molar-refractivity contribution in [3.8, 4) is 5.75 Å². The van der Waals surface area contributed by atoms with Crippen LogP contribution in [-0.2, 0) is 26.2 Å². The molecule has 214 valence electrons. The molecule has 1 N–H and O–H groups in total. The number of carbonyl (C=O) groups excluding carboxylic acids is 2. The van der Waals surface area contributed by atoms with E-state index in [4.69, 9.17) is 16.3 Å². The summed E-state index contributed by atoms with van der Waals surface area (Å²) in [6, 6.07) is 18.9. The quantitative estimate of drug-likeness (QED) is 0.316. The van der Waals surface area contributed by atoms with Crippen molar-refractivity contribution in [2.45, 2.75) is 57.6 Å². The minimum atomic E-state index is -4.18. The van der Waals surface area contributed by atoms with E-state index in [0.717, 1.165) is 15.4 Å². The van der Waals surface area contributed by atoms with Gasteiger partial charge in [0.1, 0.15) is 18.3 Å². The first-order valence-corrected chi connectivity index (χ1v) is 14.9. The third-order valence-corrected chi connectivity index (χ3v) is 8.37. The lowest BCUT2D eigenvalue weighted by atomic mass is 10.1. The molecule has 0 saturated carbocycles. The summed E-state index contributed by atoms with van der Waals surface area (Å²) in [5.74, 6) is -0.313. The lowest BCUT2D eigenvalue weighted by Gasteiger charge is -2.33. The third-order valence-electron chi connectivity index (χ3n) is 6.33. The van der Waals surface area contributed by atoms with Gasteiger partial charge in [-0.3, -0.25) is 13.9 Å². The molecule has 0 saturated heterocycles. The Morgan fingerprint density at radius 1 is 0.950 bits per heavy atom. The number of aryl methyl sites for hydroxylation is 1. The van der Waals surface area contributed by atoms with E-state index in [2.05, 4.69) is 5.32 Å². The Labute approximate surface area is 241 Å². The minimum Gasteiger partial charge on any atom is -0.497 e. The molecule has 3 aromatic rings. The number of hydrogen-bond acceptors (Lipinski definition) is 5. The third kappa shape index (κ3) is 7.76. The Hall–Kier alpha value is -3.56. The summed E-state index contributed by atoms with van der Waals surface area (Å²) in [5.41, 5.74) is 2.15. The van der Waals surface area contributed by atoms with Crippen LogP contribution < -0.4 is 14.4 Å². The zero-order valence-electron chi connectivity index (χ0n) is 23.4. The van der Waals surface area contributed by atoms with E-state index in [9.17, 15) is 18.0 Å². The maximum absolute atomic E-state index is 14.0. The first-order chi connectivity index (χ1) is 19.0. The summed E-state index contributed by atoms with van der Waals surface area (Å²) in [5, 5.41) is 3.32. The second-order valence-corrected chi connectivity index (χ2v) is 12.1. The number of halogens is 1. The molecule has 2 amide bonds. The van der Waals surface area contributed by atoms with Crippen molar-refractivity contribution in [1.29, 1.82) is 0 Å². The Bertz CT molecular complexity index is 1390. The summed E-state index contributed by atoms with van der Waals surface area (Å²) < 4.78 is 34.0. The zero-order chi connectivity index (χ0) is 29.4. The maximum Gasteiger partial charge on any atom is 0.264 e. The summed E-state index contributed by atoms with van der Waals surface area (Å²) in [6.07, 6.45) is 0.350. The van der Waals surface area contributed by atoms with Gasteiger partial charge in [0.25, 0.3) is 10.0 Å². The maximum atomic E-state index is 14.0. The minimum absolute atomic E-state index is 0.00859. The normalized spacial score (nSPS) is 12.1. The molecule has 0 unspecified atom stereocenters. The van der Waals surface area contributed by atoms with Crippen LogP contribution >= 0.6 is 11.6 Å². The lowest BCUT2D eigenvalue weighted by molar-refractivity contribution is -0.140. The molecular weight excluding hydrogens is 550 g/mol. The Balaban J connectivity index is 2.05. The van der Waals surface area contributed by atoms with Crippen LogP contribution in [0.1, 0.15) is 38.3 Å². The van der Waals surface area contributed by atoms with Crippen molar-refractivity contribution in [2.75, 3.05) is 18.0 Å². The second kappa shape index (κ2) is 13.7. The molecule has 10 heteroatoms. The van der Waals surface area contributed by atoms with E-state index in [1.807, 2.05) is 52.0 Å². The molecule has 0 fully saturated rings. The molecule has 8 nitrogen and oxygen atoms in total. The number of nitrogens with zero attached hydrogens (tertiary/aromatic N) is 2. The van der Waals surface area contributed by atoms with Gasteiger partial charge in [0.05, 0.1) is 17.7 Å². The smallest absolute Gasteiger partial charge is 0.264 e. The number of nitrogens with one attached hydrogen (secondary N) is 1. The first kappa shape index (κ1) is 31.0. The van der Waals surface area contributed by atoms with Gasteiger partial charge in [-0.1, -0.05) is 48.4 Å². The number of anilines is 1. The van der Waals surface area contributed by atoms with Crippen LogP contribution in [0.4, 0.5) is 5.69 Å². The lowest BCUT2D eigenvalue weighted by Crippen LogP contribution is -2.53. The number of amides is 2. The molecule has 0 aliphatic heterocycles. The Kier molecular flexibility index (Phi) is 10.6. The molecule has 0 heterocycles. The predicted octanol–water partition coefficient (Wildman–Crippen LogP) is 5.18. The SMILES string of the molecule is CC[C@@H](C(=O)NC(C)C)N(Cc1ccc(C)cc1)C(=O)CN(c1ccc(Cl)cc1)S(=O)(=O)c1ccc(OC)cc1. The predicted molar refractivity (Wildman–Crippen MR) is 158 cm³/mol. The number of rotatable bonds is 12. The first-order valence-electron chi connectivity index (χ1n) is 13.0. The molecule has 0 aliphatic carbocycles. The zero-order valence-corrected chi connectivity index (χ0v) is 25.0. The van der Waals surface area contributed by atoms with E-state index in [1.165, 1.54) is 24.1 Å². The molecular formula is C30H36ClN3O5S. The van der Waals surface area contributed by atoms with Gasteiger partial charge >= 0.3 is 0 Å². The topological polar surface area (TPSA) is 96.0 Å². The highest BCUT2D eigenvalue weighted by Crippen LogP contribution is 2.27. The fourth-order valence-corrected chi connectivity index (χ4v) is 5.74. The molecule has 3 aromatic carbocycles. The summed E-state index contributed by atoms with van der Waals surface area (Å²) in [4.78, 5) is 28.7. The molecule has 0 aromatic heterocycles. The number of carbonyl (C=O) groups is 2. The average Bonchev–Trinajstić information content (AvgIpc) is 2.92. The average molecular weight is 586 g/mol. The van der Waals surface area contributed by atoms with Crippen molar-refractivity contribution >= 4 is 39.1 Å². The van der Waals surface area contributed by atoms with E-state index in [0.29, 0.717) is 17.2 Å². The number of benzene rings is 3. The standard InChI is InChI=1S/C30H36ClN3O5S/c1-6-28(30(36)32-21(2)3)33(19-23-9-7-22(4)8-10-23)29(35)20-34(25-13-11-24(31)12-14-25)40(37,38)27-17-15-26(39-5)16-18-27/h7-18,21,28H,6,19-20H2,1-5H3,(H,32,36)/t28-/m0/s1. The van der Waals surface area contributed by atoms with Crippen LogP contribution in [0.2, 0.25) is 5.02 Å². The van der Waals surface area contributed by atoms with Gasteiger partial charge < -0.3 is 15.0 Å². The van der Waals surface area contributed by atoms with Gasteiger partial charge in [-0.15, -0.1) is 0 Å². The van der Waals surface area contributed by atoms with Crippen LogP contribution in [0.5, 0.6) is 5.75 Å². The van der Waals surface area contributed by atoms with Crippen LogP contribution in [-0.4, -0.2) is 50.9 Å². The van der Waals surface area contributed by atoms with Crippen LogP contribution in [0.25, 0.3) is 0 Å². The number of sulfonamides is 1. The number of hydrogen-bond donors (Lipinski definition) is 1. The molecule has 0 spiro atoms. The molecule has 1 atom stereocenters. The monoisotopic (exact) mass is 585 g/mol. The fraction of sp³-hybridized carbons (Fsp3) is 0.333. The molecule has 0 bridgehead atoms. The van der Waals surface area contributed by atoms with Gasteiger partial charge in [0.15, 0.2) is 0 Å². The van der Waals surface area contributed by atoms with Crippen molar-refractivity contribution in [1.82, 2.24) is 10.2 Å². The second-order valence-electron chi connectivity index (χ2n) is 9.76. The molecule has 0 aliphatic rings. The molecule has 0 radical (unpaired) electrons. The fourth-order valence-electron chi connectivity index (χ4n) is 4.20. The highest BCUT2D eigenvalue weighted by Gasteiger charge is 2.33. The van der Waals surface area contributed by atoms with Gasteiger partial charge in [0.2, 0.25) is 11.8 Å². The summed E-state index contributed by atoms with van der Waals surface area (Å²) >= 11 is 6.07. The highest BCUT2D eigenvalue weighted by molar-refractivity contribution is 7.92. The Morgan fingerprint density at radius 3 is 2.08 bits per heavy atom. The number of ether oxygens (including phenoxy) is 1. The highest BCUT2D eigenvalue weighted by atomic mass is 35.5. The molecule has 3 rings (SSSR count). The largest absolute Gasteiger partial charge is 0.497 e. The van der Waals surface area contributed by atoms with Crippen LogP contribution in [0.3, 0.4) is 0 Å². The van der Waals surface area contributed by atoms with Crippen molar-refractivity contribution in [3.63, 3.8) is 0 Å². The van der Waals surface area contributed by atoms with E-state index >= 15 is 0 Å². The van der Waals surface area contributed by atoms with Crippen molar-refractivity contribution < 1.29 is 22.7 Å². The summed E-state index contributed by atoms with van der Waals surface area (Å²) in [6.45, 7) is 7.10. The Morgan fingerprint density at radius 2 is 1.55 bits per heavy atom. The van der Waals surface area contributed by atoms with Crippen molar-refractivity contribution in [2.24, 2.45) is 0 Å². The van der Waals surface area contributed by atoms with Gasteiger partial charge in [-0.05, 0) is 81.3 Å². The van der Waals surface area contributed by atoms with Gasteiger partial charge in [-0.2, -0.15) is 0 Å². The van der Waals surface area contributed by atoms with Gasteiger partial charge in [0, 0.05) is 17.6 Å². The van der Waals surface area contributed by atoms with E-state index in [-0.39, 0.29) is 29.1 Å². The van der Waals surface area contributed by atoms with Crippen LogP contribution in [0, 0.1) is 6.92 Å². The van der Waals surface area contributed by atoms with E-state index < -0.39 is 28.5 Å². The van der Waals surface area contributed by atoms with Gasteiger partial charge in [-0.25, -0.2) is 8.42 Å². The van der Waals surface area contributed by atoms with Crippen molar-refractivity contribution in [3.05, 3.63) is 88.9 Å². The van der Waals surface area contributed by atoms with E-state index in [1.54, 1.807) is 36.4 Å². The molecule has 40 heavy (non-hydrogen) atoms. The summed E-state index contributed by atoms with van der Waals surface area (Å²) in [7, 11) is -2.69. The number of methoxy groups -OCH3 is 1.